The van der Waals surface area contributed by atoms with Gasteiger partial charge in [-0.25, -0.2) is 0 Å². The highest BCUT2D eigenvalue weighted by Gasteiger charge is 2.13. The van der Waals surface area contributed by atoms with E-state index in [0.29, 0.717) is 16.6 Å². The van der Waals surface area contributed by atoms with Crippen molar-refractivity contribution in [2.24, 2.45) is 0 Å². The van der Waals surface area contributed by atoms with Gasteiger partial charge >= 0.3 is 0 Å². The third kappa shape index (κ3) is 2.80. The lowest BCUT2D eigenvalue weighted by Crippen LogP contribution is -1.99. The lowest BCUT2D eigenvalue weighted by atomic mass is 10.1. The largest absolute Gasteiger partial charge is 0.389 e. The molecule has 1 N–H and O–H groups in total. The molecule has 0 fully saturated rings. The van der Waals surface area contributed by atoms with E-state index in [-0.39, 0.29) is 0 Å². The first-order chi connectivity index (χ1) is 10.1. The zero-order valence-corrected chi connectivity index (χ0v) is 13.1. The summed E-state index contributed by atoms with van der Waals surface area (Å²) in [5, 5.41) is 12.3. The fourth-order valence-electron chi connectivity index (χ4n) is 2.57. The molecule has 4 heteroatoms. The Morgan fingerprint density at radius 2 is 1.90 bits per heavy atom. The molecule has 21 heavy (non-hydrogen) atoms. The van der Waals surface area contributed by atoms with E-state index in [0.717, 1.165) is 22.0 Å². The maximum atomic E-state index is 9.94. The molecule has 1 aromatic heterocycles. The van der Waals surface area contributed by atoms with Crippen LogP contribution in [-0.4, -0.2) is 9.67 Å². The van der Waals surface area contributed by atoms with Crippen LogP contribution < -0.4 is 0 Å². The number of hydrogen-bond donors (Lipinski definition) is 1. The van der Waals surface area contributed by atoms with Crippen molar-refractivity contribution in [3.63, 3.8) is 0 Å². The molecule has 0 aliphatic carbocycles. The minimum atomic E-state index is -0.503. The van der Waals surface area contributed by atoms with Crippen LogP contribution in [0.15, 0.2) is 48.7 Å². The van der Waals surface area contributed by atoms with E-state index in [2.05, 4.69) is 4.57 Å². The molecule has 0 saturated carbocycles. The molecule has 1 unspecified atom stereocenters. The lowest BCUT2D eigenvalue weighted by Gasteiger charge is -2.08. The molecule has 0 bridgehead atoms. The van der Waals surface area contributed by atoms with Crippen LogP contribution in [0.1, 0.15) is 24.2 Å². The Morgan fingerprint density at radius 1 is 1.14 bits per heavy atom. The summed E-state index contributed by atoms with van der Waals surface area (Å²) >= 11 is 12.2. The van der Waals surface area contributed by atoms with Gasteiger partial charge in [-0.1, -0.05) is 47.5 Å². The zero-order valence-electron chi connectivity index (χ0n) is 11.6. The average Bonchev–Trinajstić information content (AvgIpc) is 2.81. The molecule has 3 aromatic rings. The highest BCUT2D eigenvalue weighted by Crippen LogP contribution is 2.28. The number of aromatic nitrogens is 1. The van der Waals surface area contributed by atoms with Gasteiger partial charge in [-0.15, -0.1) is 0 Å². The van der Waals surface area contributed by atoms with Gasteiger partial charge in [0.2, 0.25) is 0 Å². The van der Waals surface area contributed by atoms with E-state index in [4.69, 9.17) is 23.2 Å². The van der Waals surface area contributed by atoms with Crippen molar-refractivity contribution < 1.29 is 5.11 Å². The number of fused-ring (bicyclic) bond motifs is 1. The molecule has 108 valence electrons. The van der Waals surface area contributed by atoms with E-state index < -0.39 is 6.10 Å². The number of benzene rings is 2. The number of halogens is 2. The van der Waals surface area contributed by atoms with Crippen LogP contribution in [0.2, 0.25) is 10.0 Å². The molecule has 0 spiro atoms. The van der Waals surface area contributed by atoms with E-state index in [9.17, 15) is 5.11 Å². The van der Waals surface area contributed by atoms with Gasteiger partial charge < -0.3 is 9.67 Å². The number of rotatable bonds is 3. The normalized spacial score (nSPS) is 12.8. The van der Waals surface area contributed by atoms with Gasteiger partial charge in [0.05, 0.1) is 6.10 Å². The smallest absolute Gasteiger partial charge is 0.0782 e. The van der Waals surface area contributed by atoms with Crippen LogP contribution in [0.3, 0.4) is 0 Å². The number of hydrogen-bond acceptors (Lipinski definition) is 1. The first kappa shape index (κ1) is 14.5. The van der Waals surface area contributed by atoms with Gasteiger partial charge in [0.25, 0.3) is 0 Å². The zero-order chi connectivity index (χ0) is 15.0. The van der Waals surface area contributed by atoms with Crippen molar-refractivity contribution in [1.82, 2.24) is 4.57 Å². The highest BCUT2D eigenvalue weighted by atomic mass is 35.5. The first-order valence-corrected chi connectivity index (χ1v) is 7.51. The molecule has 1 heterocycles. The van der Waals surface area contributed by atoms with Gasteiger partial charge in [0, 0.05) is 39.3 Å². The third-order valence-corrected chi connectivity index (χ3v) is 4.21. The number of nitrogens with zero attached hydrogens (tertiary/aromatic N) is 1. The monoisotopic (exact) mass is 319 g/mol. The van der Waals surface area contributed by atoms with Gasteiger partial charge in [0.15, 0.2) is 0 Å². The second kappa shape index (κ2) is 5.72. The van der Waals surface area contributed by atoms with Crippen molar-refractivity contribution in [3.05, 3.63) is 69.8 Å². The van der Waals surface area contributed by atoms with Crippen LogP contribution in [0.25, 0.3) is 10.9 Å². The summed E-state index contributed by atoms with van der Waals surface area (Å²) < 4.78 is 2.10. The number of aliphatic hydroxyl groups excluding tert-OH is 1. The van der Waals surface area contributed by atoms with Crippen LogP contribution in [-0.2, 0) is 6.54 Å². The van der Waals surface area contributed by atoms with E-state index >= 15 is 0 Å². The molecule has 2 aromatic carbocycles. The van der Waals surface area contributed by atoms with Gasteiger partial charge in [-0.05, 0) is 30.7 Å². The Hall–Kier alpha value is -1.48. The Bertz CT molecular complexity index is 793. The number of aliphatic hydroxyl groups is 1. The minimum Gasteiger partial charge on any atom is -0.389 e. The molecule has 2 nitrogen and oxygen atoms in total. The SMILES string of the molecule is CC(O)c1cn(Cc2ccc(Cl)cc2Cl)c2ccccc12. The van der Waals surface area contributed by atoms with Crippen LogP contribution in [0.4, 0.5) is 0 Å². The summed E-state index contributed by atoms with van der Waals surface area (Å²) in [7, 11) is 0. The van der Waals surface area contributed by atoms with Crippen molar-refractivity contribution in [2.45, 2.75) is 19.6 Å². The average molecular weight is 320 g/mol. The summed E-state index contributed by atoms with van der Waals surface area (Å²) in [6.07, 6.45) is 1.48. The summed E-state index contributed by atoms with van der Waals surface area (Å²) in [6.45, 7) is 2.42. The quantitative estimate of drug-likeness (QED) is 0.718. The summed E-state index contributed by atoms with van der Waals surface area (Å²) in [5.74, 6) is 0. The van der Waals surface area contributed by atoms with E-state index in [1.165, 1.54) is 0 Å². The van der Waals surface area contributed by atoms with Gasteiger partial charge in [-0.2, -0.15) is 0 Å². The summed E-state index contributed by atoms with van der Waals surface area (Å²) in [4.78, 5) is 0. The van der Waals surface area contributed by atoms with Crippen molar-refractivity contribution in [3.8, 4) is 0 Å². The maximum absolute atomic E-state index is 9.94. The molecular weight excluding hydrogens is 305 g/mol. The molecule has 0 radical (unpaired) electrons. The van der Waals surface area contributed by atoms with E-state index in [1.807, 2.05) is 42.6 Å². The minimum absolute atomic E-state index is 0.503. The van der Waals surface area contributed by atoms with Crippen LogP contribution in [0.5, 0.6) is 0 Å². The fourth-order valence-corrected chi connectivity index (χ4v) is 3.04. The predicted octanol–water partition coefficient (Wildman–Crippen LogP) is 5.05. The third-order valence-electron chi connectivity index (χ3n) is 3.63. The second-order valence-electron chi connectivity index (χ2n) is 5.14. The van der Waals surface area contributed by atoms with Crippen LogP contribution >= 0.6 is 23.2 Å². The Balaban J connectivity index is 2.08. The highest BCUT2D eigenvalue weighted by molar-refractivity contribution is 6.35. The predicted molar refractivity (Wildman–Crippen MR) is 88.1 cm³/mol. The first-order valence-electron chi connectivity index (χ1n) is 6.76. The number of para-hydroxylation sites is 1. The van der Waals surface area contributed by atoms with Crippen molar-refractivity contribution in [1.29, 1.82) is 0 Å². The topological polar surface area (TPSA) is 25.2 Å². The molecule has 0 aliphatic heterocycles. The van der Waals surface area contributed by atoms with Gasteiger partial charge in [-0.3, -0.25) is 0 Å². The van der Waals surface area contributed by atoms with Crippen LogP contribution in [0, 0.1) is 0 Å². The Labute approximate surface area is 133 Å². The van der Waals surface area contributed by atoms with Gasteiger partial charge in [0.1, 0.15) is 0 Å². The van der Waals surface area contributed by atoms with E-state index in [1.54, 1.807) is 13.0 Å². The molecule has 3 rings (SSSR count). The van der Waals surface area contributed by atoms with Crippen molar-refractivity contribution >= 4 is 34.1 Å². The maximum Gasteiger partial charge on any atom is 0.0782 e. The second-order valence-corrected chi connectivity index (χ2v) is 5.98. The fraction of sp³-hybridized carbons (Fsp3) is 0.176. The lowest BCUT2D eigenvalue weighted by molar-refractivity contribution is 0.200. The summed E-state index contributed by atoms with van der Waals surface area (Å²) in [6, 6.07) is 13.6. The Morgan fingerprint density at radius 3 is 2.62 bits per heavy atom. The molecule has 0 amide bonds. The summed E-state index contributed by atoms with van der Waals surface area (Å²) in [5.41, 5.74) is 3.01. The standard InChI is InChI=1S/C17H15Cl2NO/c1-11(21)15-10-20(17-5-3-2-4-14(15)17)9-12-6-7-13(18)8-16(12)19/h2-8,10-11,21H,9H2,1H3. The molecule has 0 saturated heterocycles. The molecule has 1 atom stereocenters. The van der Waals surface area contributed by atoms with Crippen molar-refractivity contribution in [2.75, 3.05) is 0 Å². The molecule has 0 aliphatic rings. The molecular formula is C17H15Cl2NO. The Kier molecular flexibility index (Phi) is 3.94.